The first-order valence-electron chi connectivity index (χ1n) is 9.31. The van der Waals surface area contributed by atoms with Gasteiger partial charge in [0.05, 0.1) is 0 Å². The van der Waals surface area contributed by atoms with Crippen molar-refractivity contribution in [1.29, 1.82) is 0 Å². The number of hydrogen-bond acceptors (Lipinski definition) is 3. The van der Waals surface area contributed by atoms with Gasteiger partial charge in [-0.3, -0.25) is 14.3 Å². The van der Waals surface area contributed by atoms with E-state index in [-0.39, 0.29) is 17.0 Å². The molecule has 1 aromatic carbocycles. The Balaban J connectivity index is 1.33. The summed E-state index contributed by atoms with van der Waals surface area (Å²) in [5.41, 5.74) is 2.65. The van der Waals surface area contributed by atoms with E-state index >= 15 is 0 Å². The van der Waals surface area contributed by atoms with Gasteiger partial charge in [-0.2, -0.15) is 5.10 Å². The van der Waals surface area contributed by atoms with E-state index in [4.69, 9.17) is 0 Å². The summed E-state index contributed by atoms with van der Waals surface area (Å²) in [4.78, 5) is 27.4. The van der Waals surface area contributed by atoms with Gasteiger partial charge in [0.15, 0.2) is 0 Å². The van der Waals surface area contributed by atoms with Crippen molar-refractivity contribution in [2.24, 2.45) is 0 Å². The van der Waals surface area contributed by atoms with Crippen molar-refractivity contribution < 1.29 is 4.79 Å². The minimum absolute atomic E-state index is 0.132. The number of carbonyl (C=O) groups is 1. The zero-order chi connectivity index (χ0) is 18.6. The molecule has 1 saturated carbocycles. The Morgan fingerprint density at radius 1 is 1.15 bits per heavy atom. The van der Waals surface area contributed by atoms with Gasteiger partial charge >= 0.3 is 0 Å². The van der Waals surface area contributed by atoms with Gasteiger partial charge in [0.2, 0.25) is 0 Å². The topological polar surface area (TPSA) is 79.8 Å². The van der Waals surface area contributed by atoms with Crippen LogP contribution in [0.2, 0.25) is 0 Å². The van der Waals surface area contributed by atoms with Crippen molar-refractivity contribution in [2.45, 2.75) is 31.7 Å². The van der Waals surface area contributed by atoms with Crippen LogP contribution in [0, 0.1) is 0 Å². The molecule has 0 radical (unpaired) electrons. The number of amides is 1. The average Bonchev–Trinajstić information content (AvgIpc) is 3.43. The highest BCUT2D eigenvalue weighted by atomic mass is 16.2. The predicted molar refractivity (Wildman–Crippen MR) is 104 cm³/mol. The first kappa shape index (κ1) is 17.3. The van der Waals surface area contributed by atoms with Crippen LogP contribution < -0.4 is 10.9 Å². The maximum atomic E-state index is 12.3. The quantitative estimate of drug-likeness (QED) is 0.634. The van der Waals surface area contributed by atoms with E-state index in [0.717, 1.165) is 18.5 Å². The lowest BCUT2D eigenvalue weighted by atomic mass is 10.1. The van der Waals surface area contributed by atoms with Gasteiger partial charge in [-0.05, 0) is 43.0 Å². The largest absolute Gasteiger partial charge is 0.352 e. The number of carbonyl (C=O) groups excluding carboxylic acids is 1. The molecule has 3 aromatic rings. The number of hydrogen-bond donors (Lipinski definition) is 2. The monoisotopic (exact) mass is 362 g/mol. The fourth-order valence-corrected chi connectivity index (χ4v) is 3.22. The molecule has 0 aliphatic heterocycles. The minimum atomic E-state index is -0.378. The molecule has 2 N–H and O–H groups in total. The third kappa shape index (κ3) is 4.00. The molecule has 0 atom stereocenters. The summed E-state index contributed by atoms with van der Waals surface area (Å²) in [7, 11) is 0. The molecule has 1 aliphatic rings. The number of pyridine rings is 1. The Kier molecular flexibility index (Phi) is 4.87. The Bertz CT molecular complexity index is 987. The van der Waals surface area contributed by atoms with E-state index in [1.807, 2.05) is 41.2 Å². The Labute approximate surface area is 157 Å². The number of nitrogens with zero attached hydrogens (tertiary/aromatic N) is 2. The molecule has 0 spiro atoms. The summed E-state index contributed by atoms with van der Waals surface area (Å²) in [5.74, 6) is 0.308. The van der Waals surface area contributed by atoms with Crippen molar-refractivity contribution in [3.8, 4) is 11.3 Å². The highest BCUT2D eigenvalue weighted by Crippen LogP contribution is 2.39. The number of aromatic amines is 1. The minimum Gasteiger partial charge on any atom is -0.352 e. The SMILES string of the molecule is O=C(NCCCn1nccc1C1CC1)c1ccc(-c2ccccc2)[nH]c1=O. The molecule has 6 nitrogen and oxygen atoms in total. The Hall–Kier alpha value is -3.15. The van der Waals surface area contributed by atoms with Gasteiger partial charge in [-0.1, -0.05) is 30.3 Å². The molecule has 6 heteroatoms. The summed E-state index contributed by atoms with van der Waals surface area (Å²) in [6.07, 6.45) is 5.08. The first-order valence-corrected chi connectivity index (χ1v) is 9.31. The molecule has 1 amide bonds. The summed E-state index contributed by atoms with van der Waals surface area (Å²) >= 11 is 0. The number of aromatic nitrogens is 3. The molecular formula is C21H22N4O2. The number of aryl methyl sites for hydroxylation is 1. The number of nitrogens with one attached hydrogen (secondary N) is 2. The van der Waals surface area contributed by atoms with Crippen LogP contribution in [0.5, 0.6) is 0 Å². The van der Waals surface area contributed by atoms with E-state index in [0.29, 0.717) is 18.2 Å². The van der Waals surface area contributed by atoms with E-state index in [9.17, 15) is 9.59 Å². The van der Waals surface area contributed by atoms with Gasteiger partial charge in [0.25, 0.3) is 11.5 Å². The van der Waals surface area contributed by atoms with Crippen molar-refractivity contribution in [2.75, 3.05) is 6.54 Å². The second-order valence-corrected chi connectivity index (χ2v) is 6.84. The van der Waals surface area contributed by atoms with Crippen molar-refractivity contribution in [3.05, 3.63) is 76.3 Å². The molecule has 27 heavy (non-hydrogen) atoms. The molecule has 1 fully saturated rings. The number of H-pyrrole nitrogens is 1. The van der Waals surface area contributed by atoms with E-state index in [1.165, 1.54) is 18.5 Å². The van der Waals surface area contributed by atoms with Crippen LogP contribution >= 0.6 is 0 Å². The maximum absolute atomic E-state index is 12.3. The molecule has 0 unspecified atom stereocenters. The Morgan fingerprint density at radius 2 is 1.96 bits per heavy atom. The summed E-state index contributed by atoms with van der Waals surface area (Å²) < 4.78 is 2.02. The second-order valence-electron chi connectivity index (χ2n) is 6.84. The molecule has 0 saturated heterocycles. The van der Waals surface area contributed by atoms with E-state index in [1.54, 1.807) is 12.1 Å². The molecule has 1 aliphatic carbocycles. The zero-order valence-electron chi connectivity index (χ0n) is 15.0. The van der Waals surface area contributed by atoms with Gasteiger partial charge in [0, 0.05) is 36.6 Å². The van der Waals surface area contributed by atoms with E-state index in [2.05, 4.69) is 21.5 Å². The third-order valence-corrected chi connectivity index (χ3v) is 4.82. The van der Waals surface area contributed by atoms with Crippen LogP contribution in [-0.2, 0) is 6.54 Å². The lowest BCUT2D eigenvalue weighted by Gasteiger charge is -2.08. The normalized spacial score (nSPS) is 13.5. The van der Waals surface area contributed by atoms with Crippen LogP contribution in [0.1, 0.15) is 41.2 Å². The molecule has 4 rings (SSSR count). The van der Waals surface area contributed by atoms with Gasteiger partial charge < -0.3 is 10.3 Å². The van der Waals surface area contributed by atoms with Gasteiger partial charge in [-0.15, -0.1) is 0 Å². The molecular weight excluding hydrogens is 340 g/mol. The number of benzene rings is 1. The maximum Gasteiger partial charge on any atom is 0.261 e. The van der Waals surface area contributed by atoms with Crippen molar-refractivity contribution in [1.82, 2.24) is 20.1 Å². The molecule has 2 heterocycles. The van der Waals surface area contributed by atoms with Gasteiger partial charge in [0.1, 0.15) is 5.56 Å². The van der Waals surface area contributed by atoms with Crippen molar-refractivity contribution in [3.63, 3.8) is 0 Å². The fourth-order valence-electron chi connectivity index (χ4n) is 3.22. The molecule has 138 valence electrons. The van der Waals surface area contributed by atoms with Gasteiger partial charge in [-0.25, -0.2) is 0 Å². The standard InChI is InChI=1S/C21H22N4O2/c26-20(22-12-4-14-25-19(11-13-23-25)16-7-8-16)17-9-10-18(24-21(17)27)15-5-2-1-3-6-15/h1-3,5-6,9-11,13,16H,4,7-8,12,14H2,(H,22,26)(H,24,27). The highest BCUT2D eigenvalue weighted by Gasteiger charge is 2.26. The zero-order valence-corrected chi connectivity index (χ0v) is 15.0. The predicted octanol–water partition coefficient (Wildman–Crippen LogP) is 2.94. The highest BCUT2D eigenvalue weighted by molar-refractivity contribution is 5.94. The first-order chi connectivity index (χ1) is 13.2. The van der Waals surface area contributed by atoms with Crippen LogP contribution in [-0.4, -0.2) is 27.2 Å². The smallest absolute Gasteiger partial charge is 0.261 e. The summed E-state index contributed by atoms with van der Waals surface area (Å²) in [5, 5.41) is 7.18. The number of rotatable bonds is 7. The summed E-state index contributed by atoms with van der Waals surface area (Å²) in [6, 6.07) is 15.0. The van der Waals surface area contributed by atoms with Crippen LogP contribution in [0.15, 0.2) is 59.5 Å². The third-order valence-electron chi connectivity index (χ3n) is 4.82. The lowest BCUT2D eigenvalue weighted by molar-refractivity contribution is 0.0951. The molecule has 0 bridgehead atoms. The van der Waals surface area contributed by atoms with Crippen molar-refractivity contribution >= 4 is 5.91 Å². The molecule has 2 aromatic heterocycles. The summed E-state index contributed by atoms with van der Waals surface area (Å²) in [6.45, 7) is 1.27. The fraction of sp³-hybridized carbons (Fsp3) is 0.286. The lowest BCUT2D eigenvalue weighted by Crippen LogP contribution is -2.30. The van der Waals surface area contributed by atoms with Crippen LogP contribution in [0.4, 0.5) is 0 Å². The van der Waals surface area contributed by atoms with Crippen LogP contribution in [0.3, 0.4) is 0 Å². The van der Waals surface area contributed by atoms with E-state index < -0.39 is 0 Å². The average molecular weight is 362 g/mol. The van der Waals surface area contributed by atoms with Crippen LogP contribution in [0.25, 0.3) is 11.3 Å². The Morgan fingerprint density at radius 3 is 2.70 bits per heavy atom. The second kappa shape index (κ2) is 7.61.